The van der Waals surface area contributed by atoms with Crippen LogP contribution in [0.2, 0.25) is 5.02 Å². The number of fused-ring (bicyclic) bond motifs is 1. The molecular formula is C18H17ClN4O2S. The minimum absolute atomic E-state index is 0.148. The number of benzene rings is 2. The summed E-state index contributed by atoms with van der Waals surface area (Å²) in [4.78, 5) is 30.0. The first-order valence-corrected chi connectivity index (χ1v) is 9.37. The van der Waals surface area contributed by atoms with Crippen molar-refractivity contribution in [2.45, 2.75) is 18.4 Å². The Morgan fingerprint density at radius 2 is 1.92 bits per heavy atom. The highest BCUT2D eigenvalue weighted by Gasteiger charge is 2.10. The summed E-state index contributed by atoms with van der Waals surface area (Å²) >= 11 is 7.23. The fourth-order valence-electron chi connectivity index (χ4n) is 2.40. The molecule has 0 atom stereocenters. The number of halogens is 1. The number of nitrogens with one attached hydrogen (secondary N) is 2. The van der Waals surface area contributed by atoms with Crippen LogP contribution in [0.25, 0.3) is 10.9 Å². The van der Waals surface area contributed by atoms with E-state index < -0.39 is 0 Å². The van der Waals surface area contributed by atoms with Crippen molar-refractivity contribution in [2.24, 2.45) is 0 Å². The molecule has 8 heteroatoms. The maximum atomic E-state index is 12.5. The minimum atomic E-state index is -0.227. The van der Waals surface area contributed by atoms with Gasteiger partial charge in [-0.1, -0.05) is 23.7 Å². The van der Waals surface area contributed by atoms with Gasteiger partial charge in [0.2, 0.25) is 11.9 Å². The molecule has 1 aromatic heterocycles. The number of hydrogen-bond donors (Lipinski definition) is 2. The predicted octanol–water partition coefficient (Wildman–Crippen LogP) is 3.31. The van der Waals surface area contributed by atoms with Gasteiger partial charge in [0.05, 0.1) is 16.7 Å². The van der Waals surface area contributed by atoms with Gasteiger partial charge in [-0.25, -0.2) is 4.98 Å². The summed E-state index contributed by atoms with van der Waals surface area (Å²) in [6, 6.07) is 14.4. The van der Waals surface area contributed by atoms with Crippen molar-refractivity contribution in [1.82, 2.24) is 15.0 Å². The normalized spacial score (nSPS) is 10.7. The van der Waals surface area contributed by atoms with E-state index in [4.69, 9.17) is 11.6 Å². The van der Waals surface area contributed by atoms with Crippen LogP contribution in [0.15, 0.2) is 58.2 Å². The van der Waals surface area contributed by atoms with Crippen LogP contribution < -0.4 is 16.4 Å². The molecule has 0 aliphatic heterocycles. The zero-order valence-electron chi connectivity index (χ0n) is 14.0. The van der Waals surface area contributed by atoms with Gasteiger partial charge < -0.3 is 0 Å². The fourth-order valence-corrected chi connectivity index (χ4v) is 3.22. The average molecular weight is 389 g/mol. The lowest BCUT2D eigenvalue weighted by molar-refractivity contribution is -0.118. The van der Waals surface area contributed by atoms with E-state index in [-0.39, 0.29) is 17.2 Å². The van der Waals surface area contributed by atoms with Crippen LogP contribution in [0.5, 0.6) is 0 Å². The molecule has 0 bridgehead atoms. The van der Waals surface area contributed by atoms with Crippen LogP contribution in [-0.4, -0.2) is 21.2 Å². The summed E-state index contributed by atoms with van der Waals surface area (Å²) in [5, 5.41) is 1.20. The van der Waals surface area contributed by atoms with Crippen molar-refractivity contribution in [3.63, 3.8) is 0 Å². The van der Waals surface area contributed by atoms with Gasteiger partial charge in [0.15, 0.2) is 0 Å². The topological polar surface area (TPSA) is 76.0 Å². The van der Waals surface area contributed by atoms with E-state index in [1.54, 1.807) is 30.3 Å². The molecule has 26 heavy (non-hydrogen) atoms. The van der Waals surface area contributed by atoms with Crippen molar-refractivity contribution in [1.29, 1.82) is 0 Å². The molecule has 0 spiro atoms. The van der Waals surface area contributed by atoms with Gasteiger partial charge in [0.25, 0.3) is 5.56 Å². The van der Waals surface area contributed by atoms with Crippen LogP contribution >= 0.6 is 23.4 Å². The summed E-state index contributed by atoms with van der Waals surface area (Å²) in [6.07, 6.45) is 0. The van der Waals surface area contributed by atoms with Crippen molar-refractivity contribution in [3.8, 4) is 0 Å². The van der Waals surface area contributed by atoms with E-state index in [0.717, 1.165) is 4.90 Å². The Morgan fingerprint density at radius 3 is 2.65 bits per heavy atom. The third-order valence-electron chi connectivity index (χ3n) is 3.68. The molecule has 6 nitrogen and oxygen atoms in total. The Balaban J connectivity index is 1.68. The van der Waals surface area contributed by atoms with Crippen LogP contribution in [-0.2, 0) is 11.3 Å². The first-order chi connectivity index (χ1) is 12.6. The summed E-state index contributed by atoms with van der Waals surface area (Å²) < 4.78 is 1.48. The largest absolute Gasteiger partial charge is 0.277 e. The number of aromatic nitrogens is 2. The highest BCUT2D eigenvalue weighted by atomic mass is 35.5. The lowest BCUT2D eigenvalue weighted by Gasteiger charge is -2.14. The summed E-state index contributed by atoms with van der Waals surface area (Å²) in [5.41, 5.74) is 5.78. The Morgan fingerprint density at radius 1 is 1.19 bits per heavy atom. The molecule has 1 amide bonds. The highest BCUT2D eigenvalue weighted by Crippen LogP contribution is 2.20. The Labute approximate surface area is 159 Å². The number of anilines is 1. The van der Waals surface area contributed by atoms with Crippen molar-refractivity contribution >= 4 is 46.1 Å². The molecule has 0 fully saturated rings. The molecule has 134 valence electrons. The Kier molecular flexibility index (Phi) is 5.80. The molecule has 0 saturated heterocycles. The number of hydrogen-bond acceptors (Lipinski definition) is 5. The number of thioether (sulfide) groups is 1. The molecule has 2 aromatic carbocycles. The van der Waals surface area contributed by atoms with E-state index in [2.05, 4.69) is 15.8 Å². The van der Waals surface area contributed by atoms with Gasteiger partial charge in [-0.05, 0) is 43.3 Å². The van der Waals surface area contributed by atoms with Gasteiger partial charge >= 0.3 is 0 Å². The quantitative estimate of drug-likeness (QED) is 0.500. The number of para-hydroxylation sites is 1. The smallest absolute Gasteiger partial charge is 0.262 e. The van der Waals surface area contributed by atoms with Gasteiger partial charge in [0.1, 0.15) is 0 Å². The maximum absolute atomic E-state index is 12.5. The molecule has 3 rings (SSSR count). The molecule has 2 N–H and O–H groups in total. The lowest BCUT2D eigenvalue weighted by atomic mass is 10.2. The van der Waals surface area contributed by atoms with Gasteiger partial charge in [-0.15, -0.1) is 11.8 Å². The summed E-state index contributed by atoms with van der Waals surface area (Å²) in [5.74, 6) is 0.300. The Bertz CT molecular complexity index is 989. The van der Waals surface area contributed by atoms with Gasteiger partial charge in [0, 0.05) is 16.5 Å². The van der Waals surface area contributed by atoms with Crippen molar-refractivity contribution in [2.75, 3.05) is 11.2 Å². The lowest BCUT2D eigenvalue weighted by Crippen LogP contribution is -2.35. The predicted molar refractivity (Wildman–Crippen MR) is 106 cm³/mol. The second-order valence-electron chi connectivity index (χ2n) is 5.42. The van der Waals surface area contributed by atoms with Gasteiger partial charge in [-0.3, -0.25) is 25.0 Å². The van der Waals surface area contributed by atoms with Crippen molar-refractivity contribution in [3.05, 3.63) is 63.9 Å². The number of carbonyl (C=O) groups is 1. The monoisotopic (exact) mass is 388 g/mol. The second-order valence-corrected chi connectivity index (χ2v) is 6.90. The van der Waals surface area contributed by atoms with E-state index in [1.807, 2.05) is 25.1 Å². The molecule has 0 unspecified atom stereocenters. The van der Waals surface area contributed by atoms with Crippen LogP contribution in [0.1, 0.15) is 6.92 Å². The van der Waals surface area contributed by atoms with E-state index >= 15 is 0 Å². The van der Waals surface area contributed by atoms with Crippen LogP contribution in [0.3, 0.4) is 0 Å². The summed E-state index contributed by atoms with van der Waals surface area (Å²) in [6.45, 7) is 2.29. The number of rotatable bonds is 6. The number of carbonyl (C=O) groups excluding carboxylic acids is 1. The maximum Gasteiger partial charge on any atom is 0.262 e. The molecule has 0 aliphatic rings. The second kappa shape index (κ2) is 8.25. The third-order valence-corrected chi connectivity index (χ3v) is 4.94. The molecule has 0 saturated carbocycles. The zero-order chi connectivity index (χ0) is 18.5. The van der Waals surface area contributed by atoms with Crippen molar-refractivity contribution < 1.29 is 4.79 Å². The zero-order valence-corrected chi connectivity index (χ0v) is 15.6. The van der Waals surface area contributed by atoms with E-state index in [1.165, 1.54) is 16.3 Å². The van der Waals surface area contributed by atoms with Crippen LogP contribution in [0, 0.1) is 0 Å². The number of nitrogens with zero attached hydrogens (tertiary/aromatic N) is 2. The number of amides is 1. The molecule has 1 heterocycles. The first-order valence-electron chi connectivity index (χ1n) is 8.01. The average Bonchev–Trinajstić information content (AvgIpc) is 2.66. The van der Waals surface area contributed by atoms with Crippen LogP contribution in [0.4, 0.5) is 5.95 Å². The third kappa shape index (κ3) is 4.17. The molecule has 3 aromatic rings. The van der Waals surface area contributed by atoms with Gasteiger partial charge in [-0.2, -0.15) is 0 Å². The fraction of sp³-hybridized carbons (Fsp3) is 0.167. The highest BCUT2D eigenvalue weighted by molar-refractivity contribution is 8.00. The van der Waals surface area contributed by atoms with E-state index in [0.29, 0.717) is 28.4 Å². The standard InChI is InChI=1S/C18H17ClN4O2S/c1-2-23-17(25)14-5-3-4-6-15(14)20-18(23)22-21-16(24)11-26-13-9-7-12(19)8-10-13/h3-10H,2,11H2,1H3,(H,20,22)(H,21,24). The molecular weight excluding hydrogens is 372 g/mol. The Hall–Kier alpha value is -2.51. The first kappa shape index (κ1) is 18.3. The minimum Gasteiger partial charge on any atom is -0.277 e. The summed E-state index contributed by atoms with van der Waals surface area (Å²) in [7, 11) is 0. The molecule has 0 aliphatic carbocycles. The van der Waals surface area contributed by atoms with E-state index in [9.17, 15) is 9.59 Å². The SMILES string of the molecule is CCn1c(NNC(=O)CSc2ccc(Cl)cc2)nc2ccccc2c1=O. The molecule has 0 radical (unpaired) electrons. The number of hydrazine groups is 1.